The number of fused-ring (bicyclic) bond motifs is 1. The molecule has 0 radical (unpaired) electrons. The average molecular weight is 299 g/mol. The highest BCUT2D eigenvalue weighted by Gasteiger charge is 2.53. The number of aryl methyl sites for hydroxylation is 1. The lowest BCUT2D eigenvalue weighted by atomic mass is 9.93. The van der Waals surface area contributed by atoms with Crippen LogP contribution in [0.3, 0.4) is 0 Å². The van der Waals surface area contributed by atoms with Crippen LogP contribution in [0, 0.1) is 0 Å². The predicted octanol–water partition coefficient (Wildman–Crippen LogP) is 2.45. The number of halogens is 3. The van der Waals surface area contributed by atoms with E-state index in [-0.39, 0.29) is 0 Å². The van der Waals surface area contributed by atoms with Crippen LogP contribution < -0.4 is 5.73 Å². The molecule has 0 aliphatic rings. The zero-order valence-corrected chi connectivity index (χ0v) is 11.7. The van der Waals surface area contributed by atoms with Crippen molar-refractivity contribution >= 4 is 16.7 Å². The lowest BCUT2D eigenvalue weighted by Gasteiger charge is -2.25. The molecule has 0 aliphatic heterocycles. The van der Waals surface area contributed by atoms with Crippen LogP contribution in [0.4, 0.5) is 13.2 Å². The number of nitrogens with two attached hydrogens (primary N) is 1. The number of Topliss-reactive ketones (excluding diaryl/α,β-unsaturated/α-hetero) is 1. The van der Waals surface area contributed by atoms with E-state index < -0.39 is 23.9 Å². The molecule has 0 spiro atoms. The molecule has 0 saturated heterocycles. The monoisotopic (exact) mass is 299 g/mol. The third-order valence-corrected chi connectivity index (χ3v) is 3.53. The SMILES string of the molecule is CCn1nc(CC(=O)C(C)(N)C(F)(F)F)c2ccccc21. The van der Waals surface area contributed by atoms with Crippen LogP contribution in [-0.4, -0.2) is 27.3 Å². The third-order valence-electron chi connectivity index (χ3n) is 3.53. The molecule has 0 fully saturated rings. The van der Waals surface area contributed by atoms with Gasteiger partial charge in [0.2, 0.25) is 0 Å². The Kier molecular flexibility index (Phi) is 3.79. The fraction of sp³-hybridized carbons (Fsp3) is 0.429. The van der Waals surface area contributed by atoms with Crippen molar-refractivity contribution in [2.45, 2.75) is 38.5 Å². The third kappa shape index (κ3) is 2.65. The fourth-order valence-corrected chi connectivity index (χ4v) is 2.06. The predicted molar refractivity (Wildman–Crippen MR) is 72.8 cm³/mol. The topological polar surface area (TPSA) is 60.9 Å². The van der Waals surface area contributed by atoms with Crippen molar-refractivity contribution in [3.05, 3.63) is 30.0 Å². The van der Waals surface area contributed by atoms with Crippen LogP contribution in [0.1, 0.15) is 19.5 Å². The second-order valence-electron chi connectivity index (χ2n) is 5.08. The van der Waals surface area contributed by atoms with Crippen molar-refractivity contribution in [3.8, 4) is 0 Å². The quantitative estimate of drug-likeness (QED) is 0.943. The second kappa shape index (κ2) is 5.14. The Balaban J connectivity index is 2.39. The summed E-state index contributed by atoms with van der Waals surface area (Å²) in [6.07, 6.45) is -5.23. The Morgan fingerprint density at radius 2 is 1.95 bits per heavy atom. The van der Waals surface area contributed by atoms with Gasteiger partial charge in [-0.3, -0.25) is 9.48 Å². The first-order valence-electron chi connectivity index (χ1n) is 6.51. The van der Waals surface area contributed by atoms with E-state index in [1.807, 2.05) is 19.1 Å². The molecular weight excluding hydrogens is 283 g/mol. The van der Waals surface area contributed by atoms with Gasteiger partial charge in [0, 0.05) is 11.9 Å². The molecule has 0 bridgehead atoms. The van der Waals surface area contributed by atoms with Crippen molar-refractivity contribution in [3.63, 3.8) is 0 Å². The van der Waals surface area contributed by atoms with E-state index in [9.17, 15) is 18.0 Å². The van der Waals surface area contributed by atoms with E-state index in [0.29, 0.717) is 24.5 Å². The Labute approximate surface area is 119 Å². The summed E-state index contributed by atoms with van der Waals surface area (Å²) in [6.45, 7) is 3.12. The molecule has 1 aromatic heterocycles. The summed E-state index contributed by atoms with van der Waals surface area (Å²) in [5.41, 5.74) is 3.39. The Hall–Kier alpha value is -1.89. The van der Waals surface area contributed by atoms with Gasteiger partial charge in [-0.25, -0.2) is 0 Å². The number of ketones is 1. The molecule has 21 heavy (non-hydrogen) atoms. The number of hydrogen-bond acceptors (Lipinski definition) is 3. The largest absolute Gasteiger partial charge is 0.413 e. The van der Waals surface area contributed by atoms with Crippen molar-refractivity contribution in [2.24, 2.45) is 5.73 Å². The van der Waals surface area contributed by atoms with Gasteiger partial charge in [0.25, 0.3) is 0 Å². The minimum Gasteiger partial charge on any atom is -0.312 e. The summed E-state index contributed by atoms with van der Waals surface area (Å²) in [4.78, 5) is 11.9. The molecule has 1 aromatic carbocycles. The number of nitrogens with zero attached hydrogens (tertiary/aromatic N) is 2. The van der Waals surface area contributed by atoms with Gasteiger partial charge in [0.05, 0.1) is 17.6 Å². The van der Waals surface area contributed by atoms with Gasteiger partial charge in [-0.2, -0.15) is 18.3 Å². The Morgan fingerprint density at radius 1 is 1.33 bits per heavy atom. The lowest BCUT2D eigenvalue weighted by molar-refractivity contribution is -0.185. The molecular formula is C14H16F3N3O. The summed E-state index contributed by atoms with van der Waals surface area (Å²) in [5.74, 6) is -1.10. The number of rotatable bonds is 4. The first-order chi connectivity index (χ1) is 9.68. The van der Waals surface area contributed by atoms with Crippen molar-refractivity contribution in [1.82, 2.24) is 9.78 Å². The van der Waals surface area contributed by atoms with E-state index >= 15 is 0 Å². The number of carbonyl (C=O) groups is 1. The second-order valence-corrected chi connectivity index (χ2v) is 5.08. The first-order valence-corrected chi connectivity index (χ1v) is 6.51. The minimum atomic E-state index is -4.78. The minimum absolute atomic E-state index is 0.318. The van der Waals surface area contributed by atoms with E-state index in [2.05, 4.69) is 5.10 Å². The molecule has 1 heterocycles. The number of alkyl halides is 3. The highest BCUT2D eigenvalue weighted by Crippen LogP contribution is 2.30. The molecule has 1 unspecified atom stereocenters. The van der Waals surface area contributed by atoms with E-state index in [4.69, 9.17) is 5.73 Å². The molecule has 7 heteroatoms. The Bertz CT molecular complexity index is 674. The van der Waals surface area contributed by atoms with Crippen LogP contribution in [-0.2, 0) is 17.8 Å². The summed E-state index contributed by atoms with van der Waals surface area (Å²) in [6, 6.07) is 7.11. The van der Waals surface area contributed by atoms with Gasteiger partial charge >= 0.3 is 6.18 Å². The highest BCUT2D eigenvalue weighted by molar-refractivity contribution is 5.94. The maximum atomic E-state index is 12.8. The van der Waals surface area contributed by atoms with Crippen LogP contribution in [0.25, 0.3) is 10.9 Å². The van der Waals surface area contributed by atoms with Gasteiger partial charge in [0.15, 0.2) is 11.3 Å². The maximum absolute atomic E-state index is 12.8. The summed E-state index contributed by atoms with van der Waals surface area (Å²) >= 11 is 0. The zero-order valence-electron chi connectivity index (χ0n) is 11.7. The van der Waals surface area contributed by atoms with Crippen molar-refractivity contribution in [1.29, 1.82) is 0 Å². The molecule has 0 aliphatic carbocycles. The summed E-state index contributed by atoms with van der Waals surface area (Å²) in [7, 11) is 0. The van der Waals surface area contributed by atoms with E-state index in [0.717, 1.165) is 5.52 Å². The van der Waals surface area contributed by atoms with Crippen molar-refractivity contribution < 1.29 is 18.0 Å². The van der Waals surface area contributed by atoms with Gasteiger partial charge in [0.1, 0.15) is 0 Å². The van der Waals surface area contributed by atoms with Gasteiger partial charge < -0.3 is 5.73 Å². The molecule has 4 nitrogen and oxygen atoms in total. The molecule has 2 N–H and O–H groups in total. The van der Waals surface area contributed by atoms with Crippen LogP contribution in [0.2, 0.25) is 0 Å². The van der Waals surface area contributed by atoms with Crippen LogP contribution in [0.15, 0.2) is 24.3 Å². The number of para-hydroxylation sites is 1. The summed E-state index contributed by atoms with van der Waals surface area (Å²) in [5, 5.41) is 4.89. The van der Waals surface area contributed by atoms with E-state index in [1.54, 1.807) is 16.8 Å². The number of benzene rings is 1. The molecule has 0 saturated carbocycles. The molecule has 114 valence electrons. The van der Waals surface area contributed by atoms with E-state index in [1.165, 1.54) is 0 Å². The standard InChI is InChI=1S/C14H16F3N3O/c1-3-20-11-7-5-4-6-9(11)10(19-20)8-12(21)13(2,18)14(15,16)17/h4-7H,3,8,18H2,1-2H3. The van der Waals surface area contributed by atoms with Crippen molar-refractivity contribution in [2.75, 3.05) is 0 Å². The smallest absolute Gasteiger partial charge is 0.312 e. The van der Waals surface area contributed by atoms with Crippen LogP contribution in [0.5, 0.6) is 0 Å². The zero-order chi connectivity index (χ0) is 15.8. The first kappa shape index (κ1) is 15.5. The molecule has 1 atom stereocenters. The number of hydrogen-bond donors (Lipinski definition) is 1. The van der Waals surface area contributed by atoms with Gasteiger partial charge in [-0.15, -0.1) is 0 Å². The number of aromatic nitrogens is 2. The normalized spacial score (nSPS) is 15.1. The summed E-state index contributed by atoms with van der Waals surface area (Å²) < 4.78 is 40.1. The maximum Gasteiger partial charge on any atom is 0.413 e. The lowest BCUT2D eigenvalue weighted by Crippen LogP contribution is -2.57. The number of carbonyl (C=O) groups excluding carboxylic acids is 1. The average Bonchev–Trinajstić information content (AvgIpc) is 2.76. The molecule has 0 amide bonds. The Morgan fingerprint density at radius 3 is 2.52 bits per heavy atom. The molecule has 2 rings (SSSR count). The van der Waals surface area contributed by atoms with Gasteiger partial charge in [-0.05, 0) is 19.9 Å². The van der Waals surface area contributed by atoms with Gasteiger partial charge in [-0.1, -0.05) is 18.2 Å². The van der Waals surface area contributed by atoms with Crippen LogP contribution >= 0.6 is 0 Å². The molecule has 2 aromatic rings. The highest BCUT2D eigenvalue weighted by atomic mass is 19.4. The fourth-order valence-electron chi connectivity index (χ4n) is 2.06.